The zero-order valence-corrected chi connectivity index (χ0v) is 12.4. The quantitative estimate of drug-likeness (QED) is 0.769. The van der Waals surface area contributed by atoms with Crippen LogP contribution in [-0.4, -0.2) is 31.3 Å². The molecule has 1 aliphatic rings. The summed E-state index contributed by atoms with van der Waals surface area (Å²) in [5.41, 5.74) is 7.23. The average Bonchev–Trinajstić information content (AvgIpc) is 2.87. The van der Waals surface area contributed by atoms with E-state index in [2.05, 4.69) is 16.2 Å². The third-order valence-electron chi connectivity index (χ3n) is 3.34. The van der Waals surface area contributed by atoms with Gasteiger partial charge in [0.05, 0.1) is 0 Å². The highest BCUT2D eigenvalue weighted by atomic mass is 35.5. The van der Waals surface area contributed by atoms with Gasteiger partial charge in [-0.15, -0.1) is 0 Å². The minimum atomic E-state index is -0.456. The third-order valence-corrected chi connectivity index (χ3v) is 3.58. The van der Waals surface area contributed by atoms with Gasteiger partial charge in [0.25, 0.3) is 0 Å². The first-order valence-electron chi connectivity index (χ1n) is 6.77. The van der Waals surface area contributed by atoms with Crippen molar-refractivity contribution < 1.29 is 9.53 Å². The first-order valence-corrected chi connectivity index (χ1v) is 7.15. The number of nitrogens with one attached hydrogen (secondary N) is 3. The second kappa shape index (κ2) is 7.04. The zero-order chi connectivity index (χ0) is 14.5. The van der Waals surface area contributed by atoms with Crippen LogP contribution < -0.4 is 16.2 Å². The topological polar surface area (TPSA) is 62.4 Å². The summed E-state index contributed by atoms with van der Waals surface area (Å²) in [4.78, 5) is 12.0. The molecule has 6 heteroatoms. The van der Waals surface area contributed by atoms with Crippen molar-refractivity contribution in [2.45, 2.75) is 32.0 Å². The fraction of sp³-hybridized carbons (Fsp3) is 0.500. The van der Waals surface area contributed by atoms with E-state index in [1.807, 2.05) is 31.2 Å². The van der Waals surface area contributed by atoms with Gasteiger partial charge in [-0.1, -0.05) is 23.7 Å². The van der Waals surface area contributed by atoms with E-state index >= 15 is 0 Å². The molecule has 3 N–H and O–H groups in total. The van der Waals surface area contributed by atoms with Gasteiger partial charge in [-0.3, -0.25) is 10.2 Å². The highest BCUT2D eigenvalue weighted by Crippen LogP contribution is 2.23. The highest BCUT2D eigenvalue weighted by molar-refractivity contribution is 6.30. The van der Waals surface area contributed by atoms with Gasteiger partial charge in [0, 0.05) is 24.1 Å². The molecule has 1 aliphatic heterocycles. The summed E-state index contributed by atoms with van der Waals surface area (Å²) in [6.07, 6.45) is -0.633. The van der Waals surface area contributed by atoms with Crippen LogP contribution in [0.1, 0.15) is 25.3 Å². The molecule has 0 saturated carbocycles. The van der Waals surface area contributed by atoms with Crippen molar-refractivity contribution >= 4 is 17.5 Å². The van der Waals surface area contributed by atoms with E-state index in [1.165, 1.54) is 0 Å². The lowest BCUT2D eigenvalue weighted by molar-refractivity contribution is -0.132. The molecule has 1 aromatic rings. The number of hydrazine groups is 1. The van der Waals surface area contributed by atoms with Crippen molar-refractivity contribution in [1.82, 2.24) is 16.2 Å². The van der Waals surface area contributed by atoms with Crippen LogP contribution in [0.5, 0.6) is 0 Å². The molecule has 1 heterocycles. The summed E-state index contributed by atoms with van der Waals surface area (Å²) >= 11 is 6.02. The Hall–Kier alpha value is -1.14. The lowest BCUT2D eigenvalue weighted by atomic mass is 9.97. The van der Waals surface area contributed by atoms with Crippen molar-refractivity contribution in [2.75, 3.05) is 13.2 Å². The van der Waals surface area contributed by atoms with E-state index in [9.17, 15) is 4.79 Å². The number of hydrogen-bond acceptors (Lipinski definition) is 4. The number of carbonyl (C=O) groups excluding carboxylic acids is 1. The van der Waals surface area contributed by atoms with Gasteiger partial charge in [0.2, 0.25) is 5.91 Å². The van der Waals surface area contributed by atoms with E-state index in [0.717, 1.165) is 12.1 Å². The molecule has 1 fully saturated rings. The van der Waals surface area contributed by atoms with Gasteiger partial charge < -0.3 is 10.1 Å². The first-order chi connectivity index (χ1) is 9.61. The molecule has 0 spiro atoms. The molecule has 20 heavy (non-hydrogen) atoms. The Morgan fingerprint density at radius 2 is 2.40 bits per heavy atom. The average molecular weight is 298 g/mol. The maximum Gasteiger partial charge on any atom is 0.250 e. The fourth-order valence-electron chi connectivity index (χ4n) is 2.28. The Morgan fingerprint density at radius 3 is 3.10 bits per heavy atom. The molecule has 0 radical (unpaired) electrons. The number of carbonyl (C=O) groups is 1. The molecule has 0 aliphatic carbocycles. The molecule has 0 bridgehead atoms. The van der Waals surface area contributed by atoms with Crippen LogP contribution in [0, 0.1) is 0 Å². The molecule has 1 amide bonds. The van der Waals surface area contributed by atoms with Crippen LogP contribution in [0.25, 0.3) is 0 Å². The Bertz CT molecular complexity index is 469. The second-order valence-electron chi connectivity index (χ2n) is 4.77. The predicted molar refractivity (Wildman–Crippen MR) is 78.4 cm³/mol. The molecule has 5 nitrogen and oxygen atoms in total. The zero-order valence-electron chi connectivity index (χ0n) is 11.7. The van der Waals surface area contributed by atoms with Crippen LogP contribution in [0.3, 0.4) is 0 Å². The van der Waals surface area contributed by atoms with Crippen molar-refractivity contribution in [3.63, 3.8) is 0 Å². The number of benzene rings is 1. The second-order valence-corrected chi connectivity index (χ2v) is 5.21. The number of ether oxygens (including phenoxy) is 1. The first kappa shape index (κ1) is 15.3. The standard InChI is InChI=1S/C14H20ClN3O2/c1-3-20-9(2)14(19)17-13-12(8-16-18-13)10-5-4-6-11(15)7-10/h4-7,9,12-13,16,18H,3,8H2,1-2H3,(H,17,19). The van der Waals surface area contributed by atoms with Gasteiger partial charge in [0.15, 0.2) is 0 Å². The maximum absolute atomic E-state index is 12.0. The van der Waals surface area contributed by atoms with Crippen LogP contribution in [-0.2, 0) is 9.53 Å². The van der Waals surface area contributed by atoms with E-state index in [1.54, 1.807) is 6.92 Å². The summed E-state index contributed by atoms with van der Waals surface area (Å²) < 4.78 is 5.29. The molecule has 1 aromatic carbocycles. The Balaban J connectivity index is 2.02. The van der Waals surface area contributed by atoms with Crippen LogP contribution >= 0.6 is 11.6 Å². The van der Waals surface area contributed by atoms with Gasteiger partial charge in [-0.05, 0) is 31.5 Å². The van der Waals surface area contributed by atoms with Crippen LogP contribution in [0.2, 0.25) is 5.02 Å². The minimum absolute atomic E-state index is 0.125. The van der Waals surface area contributed by atoms with Crippen LogP contribution in [0.15, 0.2) is 24.3 Å². The molecular weight excluding hydrogens is 278 g/mol. The predicted octanol–water partition coefficient (Wildman–Crippen LogP) is 1.40. The minimum Gasteiger partial charge on any atom is -0.369 e. The Kier molecular flexibility index (Phi) is 5.37. The molecule has 3 unspecified atom stereocenters. The summed E-state index contributed by atoms with van der Waals surface area (Å²) in [7, 11) is 0. The van der Waals surface area contributed by atoms with Crippen molar-refractivity contribution in [1.29, 1.82) is 0 Å². The number of hydrogen-bond donors (Lipinski definition) is 3. The largest absolute Gasteiger partial charge is 0.369 e. The van der Waals surface area contributed by atoms with E-state index in [0.29, 0.717) is 11.6 Å². The van der Waals surface area contributed by atoms with Gasteiger partial charge >= 0.3 is 0 Å². The third kappa shape index (κ3) is 3.70. The SMILES string of the molecule is CCOC(C)C(=O)NC1NNCC1c1cccc(Cl)c1. The van der Waals surface area contributed by atoms with E-state index < -0.39 is 6.10 Å². The number of rotatable bonds is 5. The summed E-state index contributed by atoms with van der Waals surface area (Å²) in [6, 6.07) is 7.69. The van der Waals surface area contributed by atoms with Crippen molar-refractivity contribution in [3.8, 4) is 0 Å². The molecule has 3 atom stereocenters. The summed E-state index contributed by atoms with van der Waals surface area (Å²) in [5.74, 6) is 0.00607. The molecular formula is C14H20ClN3O2. The van der Waals surface area contributed by atoms with Gasteiger partial charge in [-0.25, -0.2) is 5.43 Å². The molecule has 1 saturated heterocycles. The summed E-state index contributed by atoms with van der Waals surface area (Å²) in [5, 5.41) is 3.65. The lowest BCUT2D eigenvalue weighted by Gasteiger charge is -2.22. The van der Waals surface area contributed by atoms with Crippen molar-refractivity contribution in [2.24, 2.45) is 0 Å². The Labute approximate surface area is 124 Å². The smallest absolute Gasteiger partial charge is 0.250 e. The van der Waals surface area contributed by atoms with Gasteiger partial charge in [0.1, 0.15) is 12.3 Å². The van der Waals surface area contributed by atoms with Crippen LogP contribution in [0.4, 0.5) is 0 Å². The highest BCUT2D eigenvalue weighted by Gasteiger charge is 2.30. The Morgan fingerprint density at radius 1 is 1.60 bits per heavy atom. The summed E-state index contributed by atoms with van der Waals surface area (Å²) in [6.45, 7) is 4.86. The van der Waals surface area contributed by atoms with E-state index in [4.69, 9.17) is 16.3 Å². The lowest BCUT2D eigenvalue weighted by Crippen LogP contribution is -2.49. The number of halogens is 1. The van der Waals surface area contributed by atoms with Gasteiger partial charge in [-0.2, -0.15) is 0 Å². The monoisotopic (exact) mass is 297 g/mol. The normalized spacial score (nSPS) is 23.6. The molecule has 0 aromatic heterocycles. The van der Waals surface area contributed by atoms with Crippen molar-refractivity contribution in [3.05, 3.63) is 34.9 Å². The van der Waals surface area contributed by atoms with E-state index in [-0.39, 0.29) is 18.0 Å². The number of amides is 1. The molecule has 110 valence electrons. The maximum atomic E-state index is 12.0. The molecule has 2 rings (SSSR count). The fourth-order valence-corrected chi connectivity index (χ4v) is 2.48.